The molecule has 0 bridgehead atoms. The van der Waals surface area contributed by atoms with Crippen molar-refractivity contribution in [3.8, 4) is 5.75 Å². The van der Waals surface area contributed by atoms with E-state index in [1.807, 2.05) is 38.1 Å². The molecule has 0 saturated carbocycles. The molecule has 0 aliphatic heterocycles. The number of benzene rings is 1. The minimum Gasteiger partial charge on any atom is -0.491 e. The quantitative estimate of drug-likeness (QED) is 0.762. The van der Waals surface area contributed by atoms with Crippen molar-refractivity contribution in [2.45, 2.75) is 25.0 Å². The van der Waals surface area contributed by atoms with Crippen LogP contribution in [0.5, 0.6) is 5.75 Å². The molecule has 1 aromatic carbocycles. The summed E-state index contributed by atoms with van der Waals surface area (Å²) >= 11 is 1.31. The van der Waals surface area contributed by atoms with Gasteiger partial charge in [0.25, 0.3) is 0 Å². The van der Waals surface area contributed by atoms with Crippen molar-refractivity contribution in [2.24, 2.45) is 0 Å². The van der Waals surface area contributed by atoms with Crippen LogP contribution in [0.2, 0.25) is 0 Å². The molecule has 0 saturated heterocycles. The van der Waals surface area contributed by atoms with Crippen molar-refractivity contribution in [1.29, 1.82) is 0 Å². The summed E-state index contributed by atoms with van der Waals surface area (Å²) in [6.45, 7) is 4.35. The smallest absolute Gasteiger partial charge is 0.230 e. The first-order valence-electron chi connectivity index (χ1n) is 6.60. The number of thioether (sulfide) groups is 1. The molecule has 1 atom stereocenters. The molecular weight excluding hydrogens is 288 g/mol. The van der Waals surface area contributed by atoms with Gasteiger partial charge in [0.1, 0.15) is 18.7 Å². The molecule has 1 aromatic heterocycles. The third-order valence-corrected chi connectivity index (χ3v) is 3.51. The van der Waals surface area contributed by atoms with E-state index in [0.29, 0.717) is 17.5 Å². The Labute approximate surface area is 127 Å². The van der Waals surface area contributed by atoms with E-state index in [9.17, 15) is 4.79 Å². The highest BCUT2D eigenvalue weighted by molar-refractivity contribution is 7.99. The van der Waals surface area contributed by atoms with Crippen molar-refractivity contribution in [2.75, 3.05) is 12.4 Å². The number of hydrogen-bond donors (Lipinski definition) is 2. The van der Waals surface area contributed by atoms with Crippen LogP contribution in [0.1, 0.15) is 12.5 Å². The zero-order valence-corrected chi connectivity index (χ0v) is 12.8. The second kappa shape index (κ2) is 7.68. The summed E-state index contributed by atoms with van der Waals surface area (Å²) in [4.78, 5) is 15.7. The van der Waals surface area contributed by atoms with Gasteiger partial charge in [-0.3, -0.25) is 9.89 Å². The summed E-state index contributed by atoms with van der Waals surface area (Å²) < 4.78 is 5.65. The second-order valence-electron chi connectivity index (χ2n) is 4.68. The molecule has 0 radical (unpaired) electrons. The van der Waals surface area contributed by atoms with Crippen LogP contribution in [0, 0.1) is 6.92 Å². The SMILES string of the molecule is Cc1cccc(OCC(C)NC(=O)CSc2ncn[nH]2)c1. The van der Waals surface area contributed by atoms with Crippen molar-refractivity contribution < 1.29 is 9.53 Å². The molecule has 2 N–H and O–H groups in total. The summed E-state index contributed by atoms with van der Waals surface area (Å²) in [7, 11) is 0. The Morgan fingerprint density at radius 1 is 1.52 bits per heavy atom. The van der Waals surface area contributed by atoms with Crippen molar-refractivity contribution in [3.63, 3.8) is 0 Å². The third kappa shape index (κ3) is 5.47. The van der Waals surface area contributed by atoms with Crippen molar-refractivity contribution >= 4 is 17.7 Å². The number of aromatic amines is 1. The number of nitrogens with one attached hydrogen (secondary N) is 2. The Morgan fingerprint density at radius 3 is 3.10 bits per heavy atom. The maximum Gasteiger partial charge on any atom is 0.230 e. The first kappa shape index (κ1) is 15.4. The van der Waals surface area contributed by atoms with Crippen molar-refractivity contribution in [1.82, 2.24) is 20.5 Å². The van der Waals surface area contributed by atoms with Gasteiger partial charge in [-0.05, 0) is 31.5 Å². The van der Waals surface area contributed by atoms with Crippen molar-refractivity contribution in [3.05, 3.63) is 36.2 Å². The van der Waals surface area contributed by atoms with Gasteiger partial charge >= 0.3 is 0 Å². The van der Waals surface area contributed by atoms with E-state index in [1.165, 1.54) is 18.1 Å². The molecule has 6 nitrogen and oxygen atoms in total. The van der Waals surface area contributed by atoms with E-state index in [1.54, 1.807) is 0 Å². The van der Waals surface area contributed by atoms with Crippen LogP contribution in [-0.4, -0.2) is 39.5 Å². The number of H-pyrrole nitrogens is 1. The topological polar surface area (TPSA) is 79.9 Å². The summed E-state index contributed by atoms with van der Waals surface area (Å²) in [5.41, 5.74) is 1.15. The zero-order valence-electron chi connectivity index (χ0n) is 12.0. The van der Waals surface area contributed by atoms with Crippen LogP contribution >= 0.6 is 11.8 Å². The average Bonchev–Trinajstić information content (AvgIpc) is 2.96. The number of rotatable bonds is 7. The summed E-state index contributed by atoms with van der Waals surface area (Å²) in [5.74, 6) is 1.05. The molecule has 7 heteroatoms. The highest BCUT2D eigenvalue weighted by Crippen LogP contribution is 2.13. The largest absolute Gasteiger partial charge is 0.491 e. The maximum atomic E-state index is 11.8. The second-order valence-corrected chi connectivity index (χ2v) is 5.64. The lowest BCUT2D eigenvalue weighted by atomic mass is 10.2. The summed E-state index contributed by atoms with van der Waals surface area (Å²) in [6.07, 6.45) is 1.42. The minimum atomic E-state index is -0.0617. The molecule has 0 aliphatic carbocycles. The molecule has 112 valence electrons. The first-order valence-corrected chi connectivity index (χ1v) is 7.59. The zero-order chi connectivity index (χ0) is 15.1. The molecule has 0 spiro atoms. The Balaban J connectivity index is 1.68. The van der Waals surface area contributed by atoms with Gasteiger partial charge in [0.05, 0.1) is 11.8 Å². The normalized spacial score (nSPS) is 11.9. The Bertz CT molecular complexity index is 574. The van der Waals surface area contributed by atoms with Crippen LogP contribution in [-0.2, 0) is 4.79 Å². The highest BCUT2D eigenvalue weighted by atomic mass is 32.2. The average molecular weight is 306 g/mol. The first-order chi connectivity index (χ1) is 10.1. The molecule has 0 fully saturated rings. The van der Waals surface area contributed by atoms with Gasteiger partial charge in [0, 0.05) is 0 Å². The summed E-state index contributed by atoms with van der Waals surface area (Å²) in [6, 6.07) is 7.77. The van der Waals surface area contributed by atoms with Gasteiger partial charge in [0.2, 0.25) is 5.91 Å². The molecule has 2 aromatic rings. The number of amides is 1. The van der Waals surface area contributed by atoms with Gasteiger partial charge < -0.3 is 10.1 Å². The number of aryl methyl sites for hydroxylation is 1. The van der Waals surface area contributed by atoms with E-state index < -0.39 is 0 Å². The lowest BCUT2D eigenvalue weighted by molar-refractivity contribution is -0.119. The monoisotopic (exact) mass is 306 g/mol. The van der Waals surface area contributed by atoms with Crippen LogP contribution in [0.4, 0.5) is 0 Å². The predicted molar refractivity (Wildman–Crippen MR) is 81.4 cm³/mol. The molecule has 21 heavy (non-hydrogen) atoms. The van der Waals surface area contributed by atoms with E-state index >= 15 is 0 Å². The van der Waals surface area contributed by atoms with Gasteiger partial charge in [-0.2, -0.15) is 5.10 Å². The Morgan fingerprint density at radius 2 is 2.38 bits per heavy atom. The number of nitrogens with zero attached hydrogens (tertiary/aromatic N) is 2. The fraction of sp³-hybridized carbons (Fsp3) is 0.357. The van der Waals surface area contributed by atoms with E-state index in [4.69, 9.17) is 4.74 Å². The van der Waals surface area contributed by atoms with Crippen LogP contribution in [0.25, 0.3) is 0 Å². The number of hydrogen-bond acceptors (Lipinski definition) is 5. The third-order valence-electron chi connectivity index (χ3n) is 2.63. The molecule has 1 amide bonds. The lowest BCUT2D eigenvalue weighted by Crippen LogP contribution is -2.37. The minimum absolute atomic E-state index is 0.0586. The number of ether oxygens (including phenoxy) is 1. The van der Waals surface area contributed by atoms with E-state index in [-0.39, 0.29) is 11.9 Å². The van der Waals surface area contributed by atoms with Crippen LogP contribution < -0.4 is 10.1 Å². The fourth-order valence-corrected chi connectivity index (χ4v) is 2.27. The van der Waals surface area contributed by atoms with Gasteiger partial charge in [-0.15, -0.1) is 0 Å². The van der Waals surface area contributed by atoms with Gasteiger partial charge in [-0.1, -0.05) is 23.9 Å². The Kier molecular flexibility index (Phi) is 5.62. The number of carbonyl (C=O) groups is 1. The van der Waals surface area contributed by atoms with Crippen LogP contribution in [0.3, 0.4) is 0 Å². The van der Waals surface area contributed by atoms with Gasteiger partial charge in [-0.25, -0.2) is 4.98 Å². The molecule has 2 rings (SSSR count). The Hall–Kier alpha value is -2.02. The lowest BCUT2D eigenvalue weighted by Gasteiger charge is -2.15. The number of carbonyl (C=O) groups excluding carboxylic acids is 1. The van der Waals surface area contributed by atoms with Crippen LogP contribution in [0.15, 0.2) is 35.7 Å². The van der Waals surface area contributed by atoms with E-state index in [2.05, 4.69) is 20.5 Å². The highest BCUT2D eigenvalue weighted by Gasteiger charge is 2.09. The van der Waals surface area contributed by atoms with Gasteiger partial charge in [0.15, 0.2) is 5.16 Å². The fourth-order valence-electron chi connectivity index (χ4n) is 1.68. The number of aromatic nitrogens is 3. The molecular formula is C14H18N4O2S. The standard InChI is InChI=1S/C14H18N4O2S/c1-10-4-3-5-12(6-10)20-7-11(2)17-13(19)8-21-14-15-9-16-18-14/h3-6,9,11H,7-8H2,1-2H3,(H,17,19)(H,15,16,18). The summed E-state index contributed by atoms with van der Waals surface area (Å²) in [5, 5.41) is 9.93. The molecule has 1 unspecified atom stereocenters. The molecule has 1 heterocycles. The van der Waals surface area contributed by atoms with E-state index in [0.717, 1.165) is 11.3 Å². The maximum absolute atomic E-state index is 11.8. The molecule has 0 aliphatic rings. The predicted octanol–water partition coefficient (Wildman–Crippen LogP) is 1.79.